The summed E-state index contributed by atoms with van der Waals surface area (Å²) in [6.07, 6.45) is 0.909. The first-order chi connectivity index (χ1) is 11.0. The van der Waals surface area contributed by atoms with Crippen molar-refractivity contribution in [2.45, 2.75) is 25.8 Å². The quantitative estimate of drug-likeness (QED) is 0.601. The molecule has 5 nitrogen and oxygen atoms in total. The van der Waals surface area contributed by atoms with Gasteiger partial charge in [-0.15, -0.1) is 0 Å². The topological polar surface area (TPSA) is 62.5 Å². The number of para-hydroxylation sites is 1. The van der Waals surface area contributed by atoms with E-state index in [2.05, 4.69) is 0 Å². The van der Waals surface area contributed by atoms with E-state index in [1.807, 2.05) is 30.3 Å². The van der Waals surface area contributed by atoms with Crippen LogP contribution < -0.4 is 0 Å². The molecule has 1 saturated heterocycles. The molecule has 1 amide bonds. The predicted octanol–water partition coefficient (Wildman–Crippen LogP) is 3.04. The fourth-order valence-electron chi connectivity index (χ4n) is 4.01. The van der Waals surface area contributed by atoms with Crippen molar-refractivity contribution in [3.63, 3.8) is 0 Å². The average Bonchev–Trinajstić information content (AvgIpc) is 2.84. The third-order valence-electron chi connectivity index (χ3n) is 5.08. The Morgan fingerprint density at radius 1 is 1.26 bits per heavy atom. The smallest absolute Gasteiger partial charge is 0.253 e. The molecule has 0 radical (unpaired) electrons. The third kappa shape index (κ3) is 1.86. The molecule has 1 N–H and O–H groups in total. The molecule has 1 aromatic heterocycles. The van der Waals surface area contributed by atoms with Crippen molar-refractivity contribution in [2.75, 3.05) is 7.05 Å². The monoisotopic (exact) mass is 310 g/mol. The molecule has 2 atom stereocenters. The second-order valence-corrected chi connectivity index (χ2v) is 6.42. The van der Waals surface area contributed by atoms with Crippen molar-refractivity contribution in [3.05, 3.63) is 47.4 Å². The summed E-state index contributed by atoms with van der Waals surface area (Å²) in [6.45, 7) is 1.52. The largest absolute Gasteiger partial charge is 0.512 e. The lowest BCUT2D eigenvalue weighted by Crippen LogP contribution is -2.40. The maximum Gasteiger partial charge on any atom is 0.253 e. The van der Waals surface area contributed by atoms with E-state index < -0.39 is 0 Å². The van der Waals surface area contributed by atoms with Crippen LogP contribution in [-0.4, -0.2) is 33.4 Å². The molecule has 23 heavy (non-hydrogen) atoms. The minimum absolute atomic E-state index is 0.0180. The first-order valence-electron chi connectivity index (χ1n) is 7.79. The van der Waals surface area contributed by atoms with E-state index >= 15 is 0 Å². The molecule has 4 rings (SSSR count). The number of rotatable bonds is 0. The van der Waals surface area contributed by atoms with Crippen molar-refractivity contribution >= 4 is 22.7 Å². The van der Waals surface area contributed by atoms with Crippen LogP contribution in [0.2, 0.25) is 0 Å². The summed E-state index contributed by atoms with van der Waals surface area (Å²) in [5, 5.41) is 10.9. The zero-order valence-corrected chi connectivity index (χ0v) is 13.1. The van der Waals surface area contributed by atoms with Crippen LogP contribution in [0.25, 0.3) is 10.9 Å². The van der Waals surface area contributed by atoms with Gasteiger partial charge in [-0.25, -0.2) is 0 Å². The van der Waals surface area contributed by atoms with Gasteiger partial charge < -0.3 is 10.0 Å². The first kappa shape index (κ1) is 14.1. The molecule has 5 heteroatoms. The number of nitrogens with zero attached hydrogens (tertiary/aromatic N) is 2. The van der Waals surface area contributed by atoms with Crippen molar-refractivity contribution < 1.29 is 14.7 Å². The lowest BCUT2D eigenvalue weighted by Gasteiger charge is -2.36. The molecular formula is C18H18N2O3. The number of likely N-dealkylation sites (N-methyl/N-ethyl adjacent to an activating group) is 1. The van der Waals surface area contributed by atoms with Crippen molar-refractivity contribution in [1.82, 2.24) is 9.47 Å². The molecule has 2 aliphatic rings. The van der Waals surface area contributed by atoms with Gasteiger partial charge in [-0.05, 0) is 25.5 Å². The molecule has 2 aliphatic heterocycles. The molecule has 0 saturated carbocycles. The van der Waals surface area contributed by atoms with E-state index in [1.165, 1.54) is 6.92 Å². The molecule has 2 bridgehead atoms. The van der Waals surface area contributed by atoms with E-state index in [4.69, 9.17) is 0 Å². The SMILES string of the molecule is C/C(O)=C1/C(=O)N(C)[C@H]2C[C@@H]1CC(=O)n1c2cc2ccccc21. The van der Waals surface area contributed by atoms with Crippen molar-refractivity contribution in [3.8, 4) is 0 Å². The predicted molar refractivity (Wildman–Crippen MR) is 86.1 cm³/mol. The van der Waals surface area contributed by atoms with Crippen LogP contribution in [0.5, 0.6) is 0 Å². The van der Waals surface area contributed by atoms with Crippen molar-refractivity contribution in [2.24, 2.45) is 5.92 Å². The number of piperidine rings is 1. The Bertz CT molecular complexity index is 874. The van der Waals surface area contributed by atoms with E-state index in [0.29, 0.717) is 12.0 Å². The molecule has 0 unspecified atom stereocenters. The summed E-state index contributed by atoms with van der Waals surface area (Å²) in [4.78, 5) is 27.1. The molecule has 1 fully saturated rings. The fraction of sp³-hybridized carbons (Fsp3) is 0.333. The number of hydrogen-bond donors (Lipinski definition) is 1. The minimum atomic E-state index is -0.222. The normalized spacial score (nSPS) is 26.3. The summed E-state index contributed by atoms with van der Waals surface area (Å²) in [5.74, 6) is -0.400. The number of allylic oxidation sites excluding steroid dienone is 1. The Kier molecular flexibility index (Phi) is 2.88. The molecule has 0 aliphatic carbocycles. The van der Waals surface area contributed by atoms with E-state index in [9.17, 15) is 14.7 Å². The number of likely N-dealkylation sites (tertiary alicyclic amines) is 1. The Balaban J connectivity index is 1.96. The maximum atomic E-state index is 12.8. The Morgan fingerprint density at radius 2 is 2.00 bits per heavy atom. The van der Waals surface area contributed by atoms with Gasteiger partial charge in [-0.3, -0.25) is 14.2 Å². The summed E-state index contributed by atoms with van der Waals surface area (Å²) < 4.78 is 1.75. The summed E-state index contributed by atoms with van der Waals surface area (Å²) in [5.41, 5.74) is 2.13. The van der Waals surface area contributed by atoms with Crippen LogP contribution in [-0.2, 0) is 4.79 Å². The number of benzene rings is 1. The third-order valence-corrected chi connectivity index (χ3v) is 5.08. The van der Waals surface area contributed by atoms with Crippen LogP contribution in [0.15, 0.2) is 41.7 Å². The number of amides is 1. The van der Waals surface area contributed by atoms with Gasteiger partial charge in [-0.1, -0.05) is 18.2 Å². The lowest BCUT2D eigenvalue weighted by atomic mass is 9.83. The number of hydrogen-bond acceptors (Lipinski definition) is 3. The summed E-state index contributed by atoms with van der Waals surface area (Å²) >= 11 is 0. The standard InChI is InChI=1S/C18H18N2O3/c1-10(21)17-12-8-14(19(2)18(17)23)15-7-11-5-3-4-6-13(11)20(15)16(22)9-12/h3-7,12,14,21H,8-9H2,1-2H3/b17-10-/t12-,14+/m1/s1. The molecule has 2 aromatic rings. The zero-order chi connectivity index (χ0) is 16.3. The number of aromatic nitrogens is 1. The molecule has 118 valence electrons. The van der Waals surface area contributed by atoms with Gasteiger partial charge in [0.1, 0.15) is 0 Å². The molecule has 0 spiro atoms. The number of carbonyl (C=O) groups is 2. The van der Waals surface area contributed by atoms with Crippen LogP contribution in [0, 0.1) is 5.92 Å². The second kappa shape index (κ2) is 4.72. The van der Waals surface area contributed by atoms with Crippen LogP contribution in [0.4, 0.5) is 0 Å². The Hall–Kier alpha value is -2.56. The maximum absolute atomic E-state index is 12.8. The van der Waals surface area contributed by atoms with Gasteiger partial charge in [0.2, 0.25) is 5.91 Å². The van der Waals surface area contributed by atoms with Gasteiger partial charge >= 0.3 is 0 Å². The van der Waals surface area contributed by atoms with Crippen molar-refractivity contribution in [1.29, 1.82) is 0 Å². The van der Waals surface area contributed by atoms with Crippen LogP contribution in [0.3, 0.4) is 0 Å². The lowest BCUT2D eigenvalue weighted by molar-refractivity contribution is -0.131. The molecule has 3 heterocycles. The van der Waals surface area contributed by atoms with Gasteiger partial charge in [0.15, 0.2) is 0 Å². The summed E-state index contributed by atoms with van der Waals surface area (Å²) in [7, 11) is 1.74. The highest BCUT2D eigenvalue weighted by atomic mass is 16.3. The van der Waals surface area contributed by atoms with Crippen LogP contribution >= 0.6 is 0 Å². The number of carbonyl (C=O) groups excluding carboxylic acids is 2. The zero-order valence-electron chi connectivity index (χ0n) is 13.1. The first-order valence-corrected chi connectivity index (χ1v) is 7.79. The van der Waals surface area contributed by atoms with Crippen LogP contribution in [0.1, 0.15) is 36.3 Å². The molecular weight excluding hydrogens is 292 g/mol. The highest BCUT2D eigenvalue weighted by Crippen LogP contribution is 2.43. The Labute approximate surface area is 133 Å². The van der Waals surface area contributed by atoms with E-state index in [-0.39, 0.29) is 36.0 Å². The molecule has 1 aromatic carbocycles. The van der Waals surface area contributed by atoms with Gasteiger partial charge in [0.25, 0.3) is 5.91 Å². The number of aliphatic hydroxyl groups excluding tert-OH is 1. The number of fused-ring (bicyclic) bond motifs is 6. The second-order valence-electron chi connectivity index (χ2n) is 6.42. The summed E-state index contributed by atoms with van der Waals surface area (Å²) in [6, 6.07) is 9.63. The highest BCUT2D eigenvalue weighted by molar-refractivity contribution is 5.99. The van der Waals surface area contributed by atoms with Gasteiger partial charge in [0.05, 0.1) is 22.9 Å². The van der Waals surface area contributed by atoms with E-state index in [1.54, 1.807) is 16.5 Å². The average molecular weight is 310 g/mol. The van der Waals surface area contributed by atoms with Gasteiger partial charge in [-0.2, -0.15) is 0 Å². The van der Waals surface area contributed by atoms with Gasteiger partial charge in [0, 0.05) is 30.5 Å². The minimum Gasteiger partial charge on any atom is -0.512 e. The Morgan fingerprint density at radius 3 is 2.74 bits per heavy atom. The number of aliphatic hydroxyl groups is 1. The van der Waals surface area contributed by atoms with E-state index in [0.717, 1.165) is 16.6 Å². The highest BCUT2D eigenvalue weighted by Gasteiger charge is 2.43. The fourth-order valence-corrected chi connectivity index (χ4v) is 4.01.